The molecule has 14 heavy (non-hydrogen) atoms. The molecule has 4 N–H and O–H groups in total. The highest BCUT2D eigenvalue weighted by molar-refractivity contribution is 5.81. The van der Waals surface area contributed by atoms with E-state index >= 15 is 0 Å². The fraction of sp³-hybridized carbons (Fsp3) is 0.900. The molecule has 2 aliphatic carbocycles. The van der Waals surface area contributed by atoms with E-state index in [-0.39, 0.29) is 11.9 Å². The molecule has 2 rings (SSSR count). The summed E-state index contributed by atoms with van der Waals surface area (Å²) in [5, 5.41) is 12.4. The van der Waals surface area contributed by atoms with Crippen LogP contribution in [-0.4, -0.2) is 29.2 Å². The lowest BCUT2D eigenvalue weighted by molar-refractivity contribution is -0.130. The summed E-state index contributed by atoms with van der Waals surface area (Å²) in [6, 6.07) is -0.0912. The highest BCUT2D eigenvalue weighted by Crippen LogP contribution is 2.33. The zero-order valence-corrected chi connectivity index (χ0v) is 8.28. The Morgan fingerprint density at radius 1 is 1.43 bits per heavy atom. The van der Waals surface area contributed by atoms with Gasteiger partial charge in [0.25, 0.3) is 5.91 Å². The quantitative estimate of drug-likeness (QED) is 0.570. The molecule has 1 unspecified atom stereocenters. The van der Waals surface area contributed by atoms with Crippen LogP contribution < -0.4 is 11.1 Å². The highest BCUT2D eigenvalue weighted by atomic mass is 16.3. The molecule has 2 atom stereocenters. The van der Waals surface area contributed by atoms with Crippen molar-refractivity contribution >= 4 is 5.91 Å². The van der Waals surface area contributed by atoms with Crippen LogP contribution in [0.3, 0.4) is 0 Å². The van der Waals surface area contributed by atoms with Crippen molar-refractivity contribution in [1.82, 2.24) is 5.32 Å². The molecule has 1 amide bonds. The molecule has 0 aromatic carbocycles. The normalized spacial score (nSPS) is 25.6. The monoisotopic (exact) mass is 198 g/mol. The molecular formula is C10H18N2O2. The van der Waals surface area contributed by atoms with Gasteiger partial charge in [0, 0.05) is 12.1 Å². The van der Waals surface area contributed by atoms with Crippen LogP contribution in [0.5, 0.6) is 0 Å². The van der Waals surface area contributed by atoms with E-state index in [9.17, 15) is 9.90 Å². The summed E-state index contributed by atoms with van der Waals surface area (Å²) in [6.07, 6.45) is 4.23. The summed E-state index contributed by atoms with van der Waals surface area (Å²) < 4.78 is 0. The lowest BCUT2D eigenvalue weighted by atomic mass is 10.0. The second-order valence-corrected chi connectivity index (χ2v) is 4.57. The largest absolute Gasteiger partial charge is 0.382 e. The number of hydrogen-bond acceptors (Lipinski definition) is 3. The van der Waals surface area contributed by atoms with Crippen molar-refractivity contribution in [2.75, 3.05) is 0 Å². The van der Waals surface area contributed by atoms with E-state index in [1.165, 1.54) is 12.8 Å². The van der Waals surface area contributed by atoms with Gasteiger partial charge in [0.2, 0.25) is 0 Å². The molecular weight excluding hydrogens is 180 g/mol. The number of nitrogens with one attached hydrogen (secondary N) is 1. The van der Waals surface area contributed by atoms with Gasteiger partial charge in [0.1, 0.15) is 6.10 Å². The minimum Gasteiger partial charge on any atom is -0.382 e. The van der Waals surface area contributed by atoms with Gasteiger partial charge in [-0.3, -0.25) is 4.79 Å². The Morgan fingerprint density at radius 3 is 2.57 bits per heavy atom. The third-order valence-corrected chi connectivity index (χ3v) is 2.90. The fourth-order valence-corrected chi connectivity index (χ4v) is 1.58. The molecule has 0 aliphatic heterocycles. The number of amides is 1. The molecule has 0 heterocycles. The minimum atomic E-state index is -1.02. The maximum absolute atomic E-state index is 11.4. The highest BCUT2D eigenvalue weighted by Gasteiger charge is 2.32. The van der Waals surface area contributed by atoms with Gasteiger partial charge >= 0.3 is 0 Å². The van der Waals surface area contributed by atoms with Crippen LogP contribution in [0.25, 0.3) is 0 Å². The van der Waals surface area contributed by atoms with Gasteiger partial charge in [-0.1, -0.05) is 12.8 Å². The smallest absolute Gasteiger partial charge is 0.250 e. The van der Waals surface area contributed by atoms with Crippen molar-refractivity contribution in [3.05, 3.63) is 0 Å². The summed E-state index contributed by atoms with van der Waals surface area (Å²) in [5.74, 6) is 0.356. The van der Waals surface area contributed by atoms with Crippen LogP contribution in [0.1, 0.15) is 32.1 Å². The maximum atomic E-state index is 11.4. The van der Waals surface area contributed by atoms with Gasteiger partial charge in [0.15, 0.2) is 0 Å². The predicted octanol–water partition coefficient (Wildman–Crippen LogP) is -0.247. The Kier molecular flexibility index (Phi) is 2.74. The second-order valence-electron chi connectivity index (χ2n) is 4.57. The Balaban J connectivity index is 1.72. The fourth-order valence-electron chi connectivity index (χ4n) is 1.58. The number of hydrogen-bond donors (Lipinski definition) is 3. The average molecular weight is 198 g/mol. The van der Waals surface area contributed by atoms with Crippen molar-refractivity contribution in [2.24, 2.45) is 11.7 Å². The SMILES string of the molecule is N[C@@H](CC1CC1)C(O)C(=O)NC1CC1. The molecule has 0 aromatic rings. The lowest BCUT2D eigenvalue weighted by Gasteiger charge is -2.17. The molecule has 2 aliphatic rings. The predicted molar refractivity (Wildman–Crippen MR) is 52.5 cm³/mol. The van der Waals surface area contributed by atoms with Gasteiger partial charge in [-0.25, -0.2) is 0 Å². The van der Waals surface area contributed by atoms with Crippen molar-refractivity contribution in [1.29, 1.82) is 0 Å². The van der Waals surface area contributed by atoms with Crippen LogP contribution in [0.4, 0.5) is 0 Å². The number of aliphatic hydroxyl groups excluding tert-OH is 1. The van der Waals surface area contributed by atoms with Gasteiger partial charge < -0.3 is 16.2 Å². The molecule has 0 radical (unpaired) electrons. The number of carbonyl (C=O) groups is 1. The van der Waals surface area contributed by atoms with Crippen molar-refractivity contribution in [3.8, 4) is 0 Å². The zero-order chi connectivity index (χ0) is 10.1. The third-order valence-electron chi connectivity index (χ3n) is 2.90. The van der Waals surface area contributed by atoms with Gasteiger partial charge in [0.05, 0.1) is 0 Å². The Labute approximate surface area is 83.9 Å². The van der Waals surface area contributed by atoms with Crippen molar-refractivity contribution < 1.29 is 9.90 Å². The van der Waals surface area contributed by atoms with Crippen LogP contribution in [-0.2, 0) is 4.79 Å². The van der Waals surface area contributed by atoms with Crippen molar-refractivity contribution in [2.45, 2.75) is 50.3 Å². The topological polar surface area (TPSA) is 75.3 Å². The summed E-state index contributed by atoms with van der Waals surface area (Å²) in [7, 11) is 0. The number of carbonyl (C=O) groups excluding carboxylic acids is 1. The van der Waals surface area contributed by atoms with Gasteiger partial charge in [-0.2, -0.15) is 0 Å². The van der Waals surface area contributed by atoms with E-state index in [0.29, 0.717) is 12.0 Å². The molecule has 4 nitrogen and oxygen atoms in total. The molecule has 4 heteroatoms. The Bertz CT molecular complexity index is 224. The molecule has 2 fully saturated rings. The third kappa shape index (κ3) is 2.69. The molecule has 0 saturated heterocycles. The molecule has 2 saturated carbocycles. The van der Waals surface area contributed by atoms with Crippen LogP contribution in [0, 0.1) is 5.92 Å². The van der Waals surface area contributed by atoms with E-state index in [1.807, 2.05) is 0 Å². The average Bonchev–Trinajstić information content (AvgIpc) is 2.97. The summed E-state index contributed by atoms with van der Waals surface area (Å²) >= 11 is 0. The summed E-state index contributed by atoms with van der Waals surface area (Å²) in [4.78, 5) is 11.4. The molecule has 0 bridgehead atoms. The minimum absolute atomic E-state index is 0.291. The van der Waals surface area contributed by atoms with Crippen LogP contribution >= 0.6 is 0 Å². The van der Waals surface area contributed by atoms with E-state index in [0.717, 1.165) is 19.3 Å². The molecule has 0 spiro atoms. The second kappa shape index (κ2) is 3.87. The van der Waals surface area contributed by atoms with E-state index in [4.69, 9.17) is 5.73 Å². The van der Waals surface area contributed by atoms with E-state index in [2.05, 4.69) is 5.32 Å². The number of nitrogens with two attached hydrogens (primary N) is 1. The maximum Gasteiger partial charge on any atom is 0.250 e. The molecule has 80 valence electrons. The first-order valence-electron chi connectivity index (χ1n) is 5.41. The molecule has 0 aromatic heterocycles. The van der Waals surface area contributed by atoms with Gasteiger partial charge in [-0.15, -0.1) is 0 Å². The number of rotatable bonds is 5. The standard InChI is InChI=1S/C10H18N2O2/c11-8(5-6-1-2-6)9(13)10(14)12-7-3-4-7/h6-9,13H,1-5,11H2,(H,12,14)/t8-,9?/m0/s1. The lowest BCUT2D eigenvalue weighted by Crippen LogP contribution is -2.47. The Hall–Kier alpha value is -0.610. The first kappa shape index (κ1) is 9.93. The first-order valence-corrected chi connectivity index (χ1v) is 5.41. The number of aliphatic hydroxyl groups is 1. The van der Waals surface area contributed by atoms with Gasteiger partial charge in [-0.05, 0) is 25.2 Å². The summed E-state index contributed by atoms with van der Waals surface area (Å²) in [5.41, 5.74) is 5.74. The van der Waals surface area contributed by atoms with Crippen LogP contribution in [0.15, 0.2) is 0 Å². The van der Waals surface area contributed by atoms with E-state index < -0.39 is 6.10 Å². The zero-order valence-electron chi connectivity index (χ0n) is 8.28. The summed E-state index contributed by atoms with van der Waals surface area (Å²) in [6.45, 7) is 0. The van der Waals surface area contributed by atoms with E-state index in [1.54, 1.807) is 0 Å². The van der Waals surface area contributed by atoms with Crippen molar-refractivity contribution in [3.63, 3.8) is 0 Å². The Morgan fingerprint density at radius 2 is 2.07 bits per heavy atom. The first-order chi connectivity index (χ1) is 6.66. The van der Waals surface area contributed by atoms with Crippen LogP contribution in [0.2, 0.25) is 0 Å².